The monoisotopic (exact) mass is 457 g/mol. The van der Waals surface area contributed by atoms with Gasteiger partial charge in [0.1, 0.15) is 10.6 Å². The minimum absolute atomic E-state index is 0.190. The summed E-state index contributed by atoms with van der Waals surface area (Å²) in [6.07, 6.45) is 6.93. The normalized spacial score (nSPS) is 11.2. The first-order chi connectivity index (χ1) is 15.9. The molecule has 1 aromatic carbocycles. The van der Waals surface area contributed by atoms with Gasteiger partial charge in [0.25, 0.3) is 5.91 Å². The molecule has 3 N–H and O–H groups in total. The summed E-state index contributed by atoms with van der Waals surface area (Å²) < 4.78 is 4.89. The molecule has 0 fully saturated rings. The van der Waals surface area contributed by atoms with Gasteiger partial charge in [0, 0.05) is 36.4 Å². The van der Waals surface area contributed by atoms with E-state index in [2.05, 4.69) is 26.7 Å². The molecule has 0 saturated heterocycles. The lowest BCUT2D eigenvalue weighted by atomic mass is 10.0. The van der Waals surface area contributed by atoms with Crippen molar-refractivity contribution in [2.75, 3.05) is 0 Å². The number of carboxylic acids is 1. The SMILES string of the molecule is Cc1cc(-n2ccnc2)ccc1-c1cc2sc(C(=O)O)cc2n1Cc1ccnc(C(N)=O)c1. The van der Waals surface area contributed by atoms with E-state index in [-0.39, 0.29) is 10.6 Å². The van der Waals surface area contributed by atoms with E-state index in [0.29, 0.717) is 6.54 Å². The lowest BCUT2D eigenvalue weighted by molar-refractivity contribution is 0.0702. The molecule has 5 rings (SSSR count). The Morgan fingerprint density at radius 1 is 1.12 bits per heavy atom. The van der Waals surface area contributed by atoms with Crippen molar-refractivity contribution in [1.82, 2.24) is 19.1 Å². The number of aromatic carboxylic acids is 1. The van der Waals surface area contributed by atoms with Crippen LogP contribution in [0, 0.1) is 6.92 Å². The predicted molar refractivity (Wildman–Crippen MR) is 126 cm³/mol. The lowest BCUT2D eigenvalue weighted by Crippen LogP contribution is -2.13. The molecule has 0 radical (unpaired) electrons. The predicted octanol–water partition coefficient (Wildman–Crippen LogP) is 4.10. The zero-order chi connectivity index (χ0) is 23.1. The number of carboxylic acid groups (broad SMARTS) is 1. The molecule has 0 unspecified atom stereocenters. The zero-order valence-electron chi connectivity index (χ0n) is 17.6. The van der Waals surface area contributed by atoms with Crippen LogP contribution in [0.15, 0.2) is 67.4 Å². The Hall–Kier alpha value is -4.24. The molecule has 8 nitrogen and oxygen atoms in total. The van der Waals surface area contributed by atoms with Crippen LogP contribution in [0.5, 0.6) is 0 Å². The number of nitrogens with two attached hydrogens (primary N) is 1. The molecule has 164 valence electrons. The number of amides is 1. The quantitative estimate of drug-likeness (QED) is 0.398. The molecular formula is C24H19N5O3S. The number of rotatable bonds is 6. The van der Waals surface area contributed by atoms with Crippen LogP contribution in [0.3, 0.4) is 0 Å². The minimum atomic E-state index is -0.954. The number of imidazole rings is 1. The standard InChI is InChI=1S/C24H19N5O3S/c1-14-8-16(28-7-6-26-13-28)2-3-17(14)19-10-21-20(11-22(33-21)24(31)32)29(19)12-15-4-5-27-18(9-15)23(25)30/h2-11,13H,12H2,1H3,(H2,25,30)(H,31,32). The van der Waals surface area contributed by atoms with Gasteiger partial charge in [0.15, 0.2) is 0 Å². The molecule has 5 aromatic rings. The molecule has 0 aliphatic rings. The van der Waals surface area contributed by atoms with E-state index in [1.165, 1.54) is 11.3 Å². The third kappa shape index (κ3) is 3.79. The first-order valence-electron chi connectivity index (χ1n) is 10.1. The fourth-order valence-corrected chi connectivity index (χ4v) is 4.88. The summed E-state index contributed by atoms with van der Waals surface area (Å²) in [5.41, 5.74) is 11.3. The number of carbonyl (C=O) groups excluding carboxylic acids is 1. The summed E-state index contributed by atoms with van der Waals surface area (Å²) in [5.74, 6) is -1.55. The van der Waals surface area contributed by atoms with E-state index in [0.717, 1.165) is 38.3 Å². The van der Waals surface area contributed by atoms with Gasteiger partial charge in [-0.15, -0.1) is 11.3 Å². The fourth-order valence-electron chi connectivity index (χ4n) is 3.94. The van der Waals surface area contributed by atoms with E-state index >= 15 is 0 Å². The van der Waals surface area contributed by atoms with Gasteiger partial charge in [0.2, 0.25) is 0 Å². The van der Waals surface area contributed by atoms with Gasteiger partial charge >= 0.3 is 5.97 Å². The average molecular weight is 458 g/mol. The molecule has 0 bridgehead atoms. The van der Waals surface area contributed by atoms with Crippen LogP contribution in [0.2, 0.25) is 0 Å². The molecular weight excluding hydrogens is 438 g/mol. The Bertz CT molecular complexity index is 1510. The van der Waals surface area contributed by atoms with E-state index in [4.69, 9.17) is 5.73 Å². The molecule has 0 saturated carbocycles. The number of carbonyl (C=O) groups is 2. The van der Waals surface area contributed by atoms with Gasteiger partial charge in [0.05, 0.1) is 22.2 Å². The Balaban J connectivity index is 1.64. The largest absolute Gasteiger partial charge is 0.477 e. The molecule has 4 aromatic heterocycles. The lowest BCUT2D eigenvalue weighted by Gasteiger charge is -2.14. The van der Waals surface area contributed by atoms with Crippen molar-refractivity contribution in [2.45, 2.75) is 13.5 Å². The number of thiophene rings is 1. The van der Waals surface area contributed by atoms with Gasteiger partial charge in [-0.25, -0.2) is 9.78 Å². The zero-order valence-corrected chi connectivity index (χ0v) is 18.4. The van der Waals surface area contributed by atoms with E-state index in [1.54, 1.807) is 30.9 Å². The van der Waals surface area contributed by atoms with E-state index in [9.17, 15) is 14.7 Å². The van der Waals surface area contributed by atoms with Crippen LogP contribution in [0.1, 0.15) is 31.3 Å². The van der Waals surface area contributed by atoms with Crippen LogP contribution in [-0.4, -0.2) is 36.1 Å². The van der Waals surface area contributed by atoms with Crippen LogP contribution < -0.4 is 5.73 Å². The van der Waals surface area contributed by atoms with Gasteiger partial charge < -0.3 is 20.0 Å². The number of aryl methyl sites for hydroxylation is 1. The van der Waals surface area contributed by atoms with Crippen LogP contribution >= 0.6 is 11.3 Å². The maximum atomic E-state index is 11.6. The number of pyridine rings is 1. The van der Waals surface area contributed by atoms with E-state index < -0.39 is 11.9 Å². The summed E-state index contributed by atoms with van der Waals surface area (Å²) in [6.45, 7) is 2.47. The molecule has 0 aliphatic carbocycles. The Labute approximate surface area is 192 Å². The molecule has 9 heteroatoms. The molecule has 1 amide bonds. The van der Waals surface area contributed by atoms with Crippen LogP contribution in [-0.2, 0) is 6.54 Å². The molecule has 33 heavy (non-hydrogen) atoms. The molecule has 0 aliphatic heterocycles. The second kappa shape index (κ2) is 8.03. The Kier molecular flexibility index (Phi) is 5.02. The highest BCUT2D eigenvalue weighted by molar-refractivity contribution is 7.20. The molecule has 4 heterocycles. The van der Waals surface area contributed by atoms with E-state index in [1.807, 2.05) is 35.9 Å². The van der Waals surface area contributed by atoms with Gasteiger partial charge in [-0.05, 0) is 54.4 Å². The summed E-state index contributed by atoms with van der Waals surface area (Å²) in [4.78, 5) is 31.5. The first kappa shape index (κ1) is 20.7. The number of aromatic nitrogens is 4. The molecule has 0 spiro atoms. The highest BCUT2D eigenvalue weighted by Gasteiger charge is 2.18. The van der Waals surface area contributed by atoms with Crippen molar-refractivity contribution >= 4 is 33.4 Å². The maximum absolute atomic E-state index is 11.6. The summed E-state index contributed by atoms with van der Waals surface area (Å²) in [5, 5.41) is 9.47. The third-order valence-electron chi connectivity index (χ3n) is 5.51. The Morgan fingerprint density at radius 2 is 1.97 bits per heavy atom. The van der Waals surface area contributed by atoms with Crippen molar-refractivity contribution < 1.29 is 14.7 Å². The number of nitrogens with zero attached hydrogens (tertiary/aromatic N) is 4. The topological polar surface area (TPSA) is 116 Å². The van der Waals surface area contributed by atoms with Gasteiger partial charge in [-0.3, -0.25) is 9.78 Å². The van der Waals surface area contributed by atoms with Crippen LogP contribution in [0.25, 0.3) is 27.2 Å². The Morgan fingerprint density at radius 3 is 2.67 bits per heavy atom. The van der Waals surface area contributed by atoms with Gasteiger partial charge in [-0.1, -0.05) is 6.07 Å². The van der Waals surface area contributed by atoms with Crippen molar-refractivity contribution in [1.29, 1.82) is 0 Å². The van der Waals surface area contributed by atoms with Crippen LogP contribution in [0.4, 0.5) is 0 Å². The second-order valence-corrected chi connectivity index (χ2v) is 8.75. The highest BCUT2D eigenvalue weighted by atomic mass is 32.1. The first-order valence-corrected chi connectivity index (χ1v) is 10.9. The highest BCUT2D eigenvalue weighted by Crippen LogP contribution is 2.36. The van der Waals surface area contributed by atoms with Crippen molar-refractivity contribution in [3.05, 3.63) is 89.1 Å². The number of fused-ring (bicyclic) bond motifs is 1. The smallest absolute Gasteiger partial charge is 0.345 e. The summed E-state index contributed by atoms with van der Waals surface area (Å²) >= 11 is 1.24. The summed E-state index contributed by atoms with van der Waals surface area (Å²) in [7, 11) is 0. The maximum Gasteiger partial charge on any atom is 0.345 e. The molecule has 0 atom stereocenters. The number of benzene rings is 1. The van der Waals surface area contributed by atoms with Crippen molar-refractivity contribution in [3.8, 4) is 16.9 Å². The fraction of sp³-hybridized carbons (Fsp3) is 0.0833. The van der Waals surface area contributed by atoms with Crippen molar-refractivity contribution in [2.24, 2.45) is 5.73 Å². The number of primary amides is 1. The minimum Gasteiger partial charge on any atom is -0.477 e. The number of hydrogen-bond donors (Lipinski definition) is 2. The summed E-state index contributed by atoms with van der Waals surface area (Å²) in [6, 6.07) is 13.4. The number of hydrogen-bond acceptors (Lipinski definition) is 5. The average Bonchev–Trinajstić information content (AvgIpc) is 3.52. The van der Waals surface area contributed by atoms with Crippen molar-refractivity contribution in [3.63, 3.8) is 0 Å². The second-order valence-electron chi connectivity index (χ2n) is 7.66. The third-order valence-corrected chi connectivity index (χ3v) is 6.57. The van der Waals surface area contributed by atoms with Gasteiger partial charge in [-0.2, -0.15) is 0 Å².